The molecule has 0 saturated carbocycles. The van der Waals surface area contributed by atoms with Crippen LogP contribution in [-0.4, -0.2) is 49.6 Å². The topological polar surface area (TPSA) is 73.6 Å². The summed E-state index contributed by atoms with van der Waals surface area (Å²) in [5.41, 5.74) is 1.28. The number of hydrogen-bond acceptors (Lipinski definition) is 6. The molecule has 1 aromatic carbocycles. The van der Waals surface area contributed by atoms with E-state index in [0.717, 1.165) is 22.5 Å². The fourth-order valence-electron chi connectivity index (χ4n) is 2.70. The molecule has 0 N–H and O–H groups in total. The van der Waals surface area contributed by atoms with Gasteiger partial charge in [0.15, 0.2) is 0 Å². The minimum atomic E-state index is -3.47. The zero-order valence-corrected chi connectivity index (χ0v) is 14.3. The Balaban J connectivity index is 2.06. The Morgan fingerprint density at radius 2 is 1.91 bits per heavy atom. The van der Waals surface area contributed by atoms with Crippen LogP contribution in [0, 0.1) is 11.3 Å². The molecule has 2 aliphatic rings. The van der Waals surface area contributed by atoms with Gasteiger partial charge in [-0.05, 0) is 17.5 Å². The lowest BCUT2D eigenvalue weighted by Gasteiger charge is -2.29. The van der Waals surface area contributed by atoms with Gasteiger partial charge in [0.1, 0.15) is 5.03 Å². The zero-order valence-electron chi connectivity index (χ0n) is 12.7. The van der Waals surface area contributed by atoms with E-state index in [1.807, 2.05) is 35.2 Å². The fraction of sp³-hybridized carbons (Fsp3) is 0.400. The Kier molecular flexibility index (Phi) is 4.64. The van der Waals surface area contributed by atoms with Crippen LogP contribution in [0.1, 0.15) is 11.6 Å². The standard InChI is InChI=1S/C15H17N3O3S2/c1-23(19,20)18-14(12-5-3-2-4-6-12)13(11-16)15(22-18)17-7-9-21-10-8-17/h2-6,14H,7-10H2,1H3. The molecular formula is C15H17N3O3S2. The van der Waals surface area contributed by atoms with Crippen LogP contribution in [-0.2, 0) is 14.8 Å². The van der Waals surface area contributed by atoms with Crippen LogP contribution in [0.5, 0.6) is 0 Å². The molecule has 1 unspecified atom stereocenters. The molecule has 1 saturated heterocycles. The lowest BCUT2D eigenvalue weighted by Crippen LogP contribution is -2.35. The van der Waals surface area contributed by atoms with Gasteiger partial charge < -0.3 is 9.64 Å². The third-order valence-electron chi connectivity index (χ3n) is 3.75. The van der Waals surface area contributed by atoms with Gasteiger partial charge in [-0.2, -0.15) is 5.26 Å². The first-order valence-electron chi connectivity index (χ1n) is 7.21. The van der Waals surface area contributed by atoms with Crippen LogP contribution in [0.3, 0.4) is 0 Å². The second kappa shape index (κ2) is 6.53. The van der Waals surface area contributed by atoms with Crippen molar-refractivity contribution in [3.8, 4) is 6.07 Å². The number of rotatable bonds is 3. The molecule has 0 amide bonds. The van der Waals surface area contributed by atoms with E-state index in [9.17, 15) is 13.7 Å². The van der Waals surface area contributed by atoms with E-state index in [4.69, 9.17) is 4.74 Å². The molecule has 2 aliphatic heterocycles. The summed E-state index contributed by atoms with van der Waals surface area (Å²) in [5.74, 6) is 0. The zero-order chi connectivity index (χ0) is 16.4. The first-order valence-corrected chi connectivity index (χ1v) is 9.84. The van der Waals surface area contributed by atoms with Gasteiger partial charge in [-0.25, -0.2) is 8.42 Å². The molecule has 1 fully saturated rings. The van der Waals surface area contributed by atoms with Gasteiger partial charge in [0.25, 0.3) is 0 Å². The SMILES string of the molecule is CS(=O)(=O)N1SC(N2CCOCC2)=C(C#N)C1c1ccccc1. The van der Waals surface area contributed by atoms with Crippen LogP contribution in [0.15, 0.2) is 40.9 Å². The molecule has 8 heteroatoms. The second-order valence-electron chi connectivity index (χ2n) is 5.35. The van der Waals surface area contributed by atoms with Crippen molar-refractivity contribution in [3.05, 3.63) is 46.5 Å². The van der Waals surface area contributed by atoms with Crippen molar-refractivity contribution in [3.63, 3.8) is 0 Å². The summed E-state index contributed by atoms with van der Waals surface area (Å²) in [6.07, 6.45) is 1.17. The summed E-state index contributed by atoms with van der Waals surface area (Å²) < 4.78 is 31.1. The van der Waals surface area contributed by atoms with Gasteiger partial charge in [-0.15, -0.1) is 3.71 Å². The van der Waals surface area contributed by atoms with Crippen LogP contribution in [0.2, 0.25) is 0 Å². The highest BCUT2D eigenvalue weighted by atomic mass is 32.3. The fourth-order valence-corrected chi connectivity index (χ4v) is 5.12. The van der Waals surface area contributed by atoms with Gasteiger partial charge in [0.05, 0.1) is 37.2 Å². The van der Waals surface area contributed by atoms with Gasteiger partial charge in [0, 0.05) is 13.1 Å². The highest BCUT2D eigenvalue weighted by Crippen LogP contribution is 2.48. The molecule has 1 aromatic rings. The first-order chi connectivity index (χ1) is 11.0. The third kappa shape index (κ3) is 3.23. The molecular weight excluding hydrogens is 334 g/mol. The Hall–Kier alpha value is -1.53. The lowest BCUT2D eigenvalue weighted by molar-refractivity contribution is 0.0574. The molecule has 6 nitrogen and oxygen atoms in total. The predicted octanol–water partition coefficient (Wildman–Crippen LogP) is 1.72. The molecule has 0 bridgehead atoms. The number of nitrogens with zero attached hydrogens (tertiary/aromatic N) is 3. The average molecular weight is 351 g/mol. The van der Waals surface area contributed by atoms with Crippen molar-refractivity contribution in [2.45, 2.75) is 6.04 Å². The Morgan fingerprint density at radius 1 is 1.26 bits per heavy atom. The molecule has 0 spiro atoms. The Labute approximate surface area is 140 Å². The van der Waals surface area contributed by atoms with E-state index in [-0.39, 0.29) is 0 Å². The summed E-state index contributed by atoms with van der Waals surface area (Å²) in [6.45, 7) is 2.48. The minimum Gasteiger partial charge on any atom is -0.378 e. The lowest BCUT2D eigenvalue weighted by atomic mass is 10.0. The molecule has 0 radical (unpaired) electrons. The van der Waals surface area contributed by atoms with Gasteiger partial charge in [-0.3, -0.25) is 0 Å². The van der Waals surface area contributed by atoms with Crippen LogP contribution in [0.25, 0.3) is 0 Å². The maximum Gasteiger partial charge on any atom is 0.221 e. The van der Waals surface area contributed by atoms with Crippen molar-refractivity contribution < 1.29 is 13.2 Å². The monoisotopic (exact) mass is 351 g/mol. The van der Waals surface area contributed by atoms with Crippen LogP contribution in [0.4, 0.5) is 0 Å². The first kappa shape index (κ1) is 16.3. The van der Waals surface area contributed by atoms with E-state index in [2.05, 4.69) is 6.07 Å². The molecule has 0 aromatic heterocycles. The molecule has 23 heavy (non-hydrogen) atoms. The average Bonchev–Trinajstić information content (AvgIpc) is 2.96. The normalized spacial score (nSPS) is 23.1. The Bertz CT molecular complexity index is 750. The number of nitriles is 1. The second-order valence-corrected chi connectivity index (χ2v) is 8.41. The number of ether oxygens (including phenoxy) is 1. The van der Waals surface area contributed by atoms with Crippen molar-refractivity contribution >= 4 is 22.0 Å². The quantitative estimate of drug-likeness (QED) is 0.772. The van der Waals surface area contributed by atoms with E-state index in [0.29, 0.717) is 31.9 Å². The van der Waals surface area contributed by atoms with Gasteiger partial charge in [-0.1, -0.05) is 30.3 Å². The predicted molar refractivity (Wildman–Crippen MR) is 88.5 cm³/mol. The van der Waals surface area contributed by atoms with Crippen LogP contribution < -0.4 is 0 Å². The summed E-state index contributed by atoms with van der Waals surface area (Å²) in [7, 11) is -3.47. The molecule has 0 aliphatic carbocycles. The molecule has 3 rings (SSSR count). The number of sulfonamides is 1. The maximum atomic E-state index is 12.2. The highest BCUT2D eigenvalue weighted by Gasteiger charge is 2.42. The number of benzene rings is 1. The van der Waals surface area contributed by atoms with Crippen LogP contribution >= 0.6 is 11.9 Å². The van der Waals surface area contributed by atoms with E-state index >= 15 is 0 Å². The molecule has 122 valence electrons. The van der Waals surface area contributed by atoms with Crippen molar-refractivity contribution in [1.82, 2.24) is 8.61 Å². The molecule has 1 atom stereocenters. The Morgan fingerprint density at radius 3 is 2.48 bits per heavy atom. The smallest absolute Gasteiger partial charge is 0.221 e. The largest absolute Gasteiger partial charge is 0.378 e. The van der Waals surface area contributed by atoms with E-state index in [1.54, 1.807) is 0 Å². The number of morpholine rings is 1. The summed E-state index contributed by atoms with van der Waals surface area (Å²) in [5, 5.41) is 10.4. The maximum absolute atomic E-state index is 12.2. The minimum absolute atomic E-state index is 0.480. The number of hydrogen-bond donors (Lipinski definition) is 0. The summed E-state index contributed by atoms with van der Waals surface area (Å²) in [6, 6.07) is 10.9. The van der Waals surface area contributed by atoms with Crippen molar-refractivity contribution in [2.75, 3.05) is 32.6 Å². The highest BCUT2D eigenvalue weighted by molar-refractivity contribution is 8.10. The summed E-state index contributed by atoms with van der Waals surface area (Å²) in [4.78, 5) is 2.04. The van der Waals surface area contributed by atoms with Crippen molar-refractivity contribution in [1.29, 1.82) is 5.26 Å². The van der Waals surface area contributed by atoms with Gasteiger partial charge in [0.2, 0.25) is 10.0 Å². The van der Waals surface area contributed by atoms with E-state index in [1.165, 1.54) is 9.97 Å². The molecule has 2 heterocycles. The third-order valence-corrected chi connectivity index (χ3v) is 6.69. The van der Waals surface area contributed by atoms with E-state index < -0.39 is 16.1 Å². The summed E-state index contributed by atoms with van der Waals surface area (Å²) >= 11 is 1.13. The van der Waals surface area contributed by atoms with Gasteiger partial charge >= 0.3 is 0 Å². The van der Waals surface area contributed by atoms with Crippen molar-refractivity contribution in [2.24, 2.45) is 0 Å².